The van der Waals surface area contributed by atoms with Crippen molar-refractivity contribution in [1.82, 2.24) is 9.55 Å². The third-order valence-electron chi connectivity index (χ3n) is 3.53. The lowest BCUT2D eigenvalue weighted by Crippen LogP contribution is -2.25. The number of fused-ring (bicyclic) bond motifs is 1. The molecule has 9 heteroatoms. The molecule has 0 spiro atoms. The first-order valence-electron chi connectivity index (χ1n) is 7.24. The van der Waals surface area contributed by atoms with Crippen molar-refractivity contribution in [3.63, 3.8) is 0 Å². The number of benzene rings is 1. The highest BCUT2D eigenvalue weighted by molar-refractivity contribution is 8.00. The zero-order valence-corrected chi connectivity index (χ0v) is 16.4. The topological polar surface area (TPSA) is 64.0 Å². The molecule has 0 fully saturated rings. The first-order chi connectivity index (χ1) is 11.9. The zero-order chi connectivity index (χ0) is 18.1. The third kappa shape index (κ3) is 3.69. The Hall–Kier alpha value is -1.54. The van der Waals surface area contributed by atoms with E-state index >= 15 is 0 Å². The lowest BCUT2D eigenvalue weighted by molar-refractivity contribution is -0.115. The number of thioether (sulfide) groups is 1. The Bertz CT molecular complexity index is 996. The highest BCUT2D eigenvalue weighted by Crippen LogP contribution is 2.31. The van der Waals surface area contributed by atoms with Crippen molar-refractivity contribution in [2.45, 2.75) is 17.3 Å². The molecule has 130 valence electrons. The van der Waals surface area contributed by atoms with Gasteiger partial charge in [0.05, 0.1) is 26.4 Å². The summed E-state index contributed by atoms with van der Waals surface area (Å²) < 4.78 is 1.45. The fourth-order valence-electron chi connectivity index (χ4n) is 2.14. The van der Waals surface area contributed by atoms with E-state index in [9.17, 15) is 9.59 Å². The number of hydrogen-bond acceptors (Lipinski definition) is 5. The largest absolute Gasteiger partial charge is 0.323 e. The maximum atomic E-state index is 12.5. The Morgan fingerprint density at radius 1 is 1.32 bits per heavy atom. The van der Waals surface area contributed by atoms with Crippen molar-refractivity contribution < 1.29 is 4.79 Å². The van der Waals surface area contributed by atoms with Gasteiger partial charge in [-0.15, -0.1) is 11.3 Å². The highest BCUT2D eigenvalue weighted by Gasteiger charge is 2.20. The van der Waals surface area contributed by atoms with Crippen molar-refractivity contribution in [3.8, 4) is 0 Å². The van der Waals surface area contributed by atoms with E-state index < -0.39 is 5.25 Å². The number of amides is 1. The molecular weight excluding hydrogens is 401 g/mol. The lowest BCUT2D eigenvalue weighted by atomic mass is 10.3. The molecule has 25 heavy (non-hydrogen) atoms. The molecule has 0 radical (unpaired) electrons. The van der Waals surface area contributed by atoms with E-state index in [2.05, 4.69) is 10.3 Å². The Morgan fingerprint density at radius 3 is 2.68 bits per heavy atom. The SMILES string of the molecule is CC(Sc1nc2sccc2c(=O)n1C)C(=O)Nc1c(Cl)cccc1Cl. The average Bonchev–Trinajstić information content (AvgIpc) is 3.04. The molecule has 1 amide bonds. The van der Waals surface area contributed by atoms with Crippen LogP contribution in [0.1, 0.15) is 6.92 Å². The van der Waals surface area contributed by atoms with E-state index in [4.69, 9.17) is 23.2 Å². The number of nitrogens with zero attached hydrogens (tertiary/aromatic N) is 2. The molecule has 1 unspecified atom stereocenters. The van der Waals surface area contributed by atoms with Crippen LogP contribution in [0.5, 0.6) is 0 Å². The summed E-state index contributed by atoms with van der Waals surface area (Å²) in [5, 5.41) is 5.84. The quantitative estimate of drug-likeness (QED) is 0.507. The number of hydrogen-bond donors (Lipinski definition) is 1. The molecule has 3 rings (SSSR count). The Morgan fingerprint density at radius 2 is 2.00 bits per heavy atom. The summed E-state index contributed by atoms with van der Waals surface area (Å²) in [6, 6.07) is 6.75. The minimum atomic E-state index is -0.497. The summed E-state index contributed by atoms with van der Waals surface area (Å²) in [6.07, 6.45) is 0. The molecule has 0 aliphatic heterocycles. The zero-order valence-electron chi connectivity index (χ0n) is 13.2. The van der Waals surface area contributed by atoms with Crippen molar-refractivity contribution >= 4 is 68.1 Å². The van der Waals surface area contributed by atoms with Gasteiger partial charge in [-0.05, 0) is 30.5 Å². The number of thiophene rings is 1. The van der Waals surface area contributed by atoms with Gasteiger partial charge >= 0.3 is 0 Å². The van der Waals surface area contributed by atoms with E-state index in [1.807, 2.05) is 5.38 Å². The number of halogens is 2. The fourth-order valence-corrected chi connectivity index (χ4v) is 4.31. The second-order valence-electron chi connectivity index (χ2n) is 5.24. The van der Waals surface area contributed by atoms with Gasteiger partial charge in [0, 0.05) is 7.05 Å². The summed E-state index contributed by atoms with van der Waals surface area (Å²) in [5.74, 6) is -0.277. The van der Waals surface area contributed by atoms with Gasteiger partial charge in [-0.3, -0.25) is 14.2 Å². The molecule has 3 aromatic rings. The number of para-hydroxylation sites is 1. The molecule has 5 nitrogen and oxygen atoms in total. The molecule has 0 aliphatic rings. The van der Waals surface area contributed by atoms with Gasteiger partial charge in [-0.2, -0.15) is 0 Å². The normalized spacial score (nSPS) is 12.3. The van der Waals surface area contributed by atoms with Gasteiger partial charge in [0.15, 0.2) is 5.16 Å². The van der Waals surface area contributed by atoms with Crippen molar-refractivity contribution in [2.24, 2.45) is 7.05 Å². The minimum absolute atomic E-state index is 0.129. The Labute approximate surface area is 162 Å². The van der Waals surface area contributed by atoms with Crippen LogP contribution < -0.4 is 10.9 Å². The molecule has 2 aromatic heterocycles. The minimum Gasteiger partial charge on any atom is -0.323 e. The first kappa shape index (κ1) is 18.3. The second-order valence-corrected chi connectivity index (χ2v) is 8.26. The Kier molecular flexibility index (Phi) is 5.38. The number of anilines is 1. The van der Waals surface area contributed by atoms with E-state index in [0.29, 0.717) is 31.1 Å². The molecule has 0 saturated carbocycles. The number of aromatic nitrogens is 2. The molecule has 0 bridgehead atoms. The smallest absolute Gasteiger partial charge is 0.262 e. The predicted molar refractivity (Wildman–Crippen MR) is 105 cm³/mol. The van der Waals surface area contributed by atoms with Crippen LogP contribution in [-0.2, 0) is 11.8 Å². The van der Waals surface area contributed by atoms with Crippen molar-refractivity contribution in [2.75, 3.05) is 5.32 Å². The molecule has 0 aliphatic carbocycles. The lowest BCUT2D eigenvalue weighted by Gasteiger charge is -2.15. The molecule has 2 heterocycles. The van der Waals surface area contributed by atoms with Gasteiger partial charge in [0.2, 0.25) is 5.91 Å². The monoisotopic (exact) mass is 413 g/mol. The van der Waals surface area contributed by atoms with Gasteiger partial charge in [0.25, 0.3) is 5.56 Å². The average molecular weight is 414 g/mol. The van der Waals surface area contributed by atoms with Gasteiger partial charge < -0.3 is 5.32 Å². The Balaban J connectivity index is 1.82. The van der Waals surface area contributed by atoms with Gasteiger partial charge in [-0.25, -0.2) is 4.98 Å². The van der Waals surface area contributed by atoms with E-state index in [1.165, 1.54) is 27.7 Å². The van der Waals surface area contributed by atoms with Gasteiger partial charge in [0.1, 0.15) is 4.83 Å². The summed E-state index contributed by atoms with van der Waals surface area (Å²) in [5.41, 5.74) is 0.245. The van der Waals surface area contributed by atoms with Crippen LogP contribution in [0, 0.1) is 0 Å². The summed E-state index contributed by atoms with van der Waals surface area (Å²) in [6.45, 7) is 1.73. The summed E-state index contributed by atoms with van der Waals surface area (Å²) >= 11 is 14.7. The predicted octanol–water partition coefficient (Wildman–Crippen LogP) is 4.42. The fraction of sp³-hybridized carbons (Fsp3) is 0.188. The van der Waals surface area contributed by atoms with Crippen LogP contribution in [0.2, 0.25) is 10.0 Å². The third-order valence-corrected chi connectivity index (χ3v) is 6.11. The van der Waals surface area contributed by atoms with Crippen molar-refractivity contribution in [1.29, 1.82) is 0 Å². The van der Waals surface area contributed by atoms with Crippen molar-refractivity contribution in [3.05, 3.63) is 50.0 Å². The molecule has 1 aromatic carbocycles. The van der Waals surface area contributed by atoms with Crippen LogP contribution in [0.15, 0.2) is 39.6 Å². The van der Waals surface area contributed by atoms with Gasteiger partial charge in [-0.1, -0.05) is 41.0 Å². The number of rotatable bonds is 4. The molecule has 1 N–H and O–H groups in total. The highest BCUT2D eigenvalue weighted by atomic mass is 35.5. The van der Waals surface area contributed by atoms with E-state index in [1.54, 1.807) is 38.2 Å². The summed E-state index contributed by atoms with van der Waals surface area (Å²) in [4.78, 5) is 29.9. The second kappa shape index (κ2) is 7.37. The van der Waals surface area contributed by atoms with Crippen LogP contribution in [-0.4, -0.2) is 20.7 Å². The maximum absolute atomic E-state index is 12.5. The molecular formula is C16H13Cl2N3O2S2. The number of nitrogens with one attached hydrogen (secondary N) is 1. The van der Waals surface area contributed by atoms with Crippen LogP contribution in [0.25, 0.3) is 10.2 Å². The van der Waals surface area contributed by atoms with E-state index in [0.717, 1.165) is 0 Å². The first-order valence-corrected chi connectivity index (χ1v) is 9.75. The van der Waals surface area contributed by atoms with Crippen LogP contribution in [0.3, 0.4) is 0 Å². The molecule has 1 atom stereocenters. The maximum Gasteiger partial charge on any atom is 0.262 e. The van der Waals surface area contributed by atoms with Crippen LogP contribution >= 0.6 is 46.3 Å². The number of carbonyl (C=O) groups is 1. The number of carbonyl (C=O) groups excluding carboxylic acids is 1. The van der Waals surface area contributed by atoms with E-state index in [-0.39, 0.29) is 11.5 Å². The van der Waals surface area contributed by atoms with Crippen LogP contribution in [0.4, 0.5) is 5.69 Å². The standard InChI is InChI=1S/C16H13Cl2N3O2S2/c1-8(13(22)19-12-10(17)4-3-5-11(12)18)25-16-20-14-9(6-7-24-14)15(23)21(16)2/h3-8H,1-2H3,(H,19,22). The summed E-state index contributed by atoms with van der Waals surface area (Å²) in [7, 11) is 1.64. The molecule has 0 saturated heterocycles.